The van der Waals surface area contributed by atoms with Crippen LogP contribution < -0.4 is 5.56 Å². The highest BCUT2D eigenvalue weighted by molar-refractivity contribution is 5.74. The number of benzene rings is 2. The third kappa shape index (κ3) is 2.85. The van der Waals surface area contributed by atoms with Crippen LogP contribution in [-0.2, 0) is 6.54 Å². The first kappa shape index (κ1) is 15.3. The lowest BCUT2D eigenvalue weighted by Gasteiger charge is -2.07. The number of fused-ring (bicyclic) bond motifs is 1. The number of hydrogen-bond acceptors (Lipinski definition) is 3. The number of aryl methyl sites for hydroxylation is 2. The Morgan fingerprint density at radius 1 is 0.920 bits per heavy atom. The molecule has 2 aromatic carbocycles. The first-order valence-corrected chi connectivity index (χ1v) is 8.17. The fraction of sp³-hybridized carbons (Fsp3) is 0.150. The predicted octanol–water partition coefficient (Wildman–Crippen LogP) is 3.25. The van der Waals surface area contributed by atoms with E-state index in [1.807, 2.05) is 62.4 Å². The number of rotatable bonds is 3. The van der Waals surface area contributed by atoms with E-state index in [-0.39, 0.29) is 5.56 Å². The van der Waals surface area contributed by atoms with Gasteiger partial charge in [0.1, 0.15) is 11.7 Å². The molecule has 2 heterocycles. The van der Waals surface area contributed by atoms with Crippen LogP contribution in [0.2, 0.25) is 0 Å². The van der Waals surface area contributed by atoms with E-state index in [0.29, 0.717) is 17.6 Å². The number of nitrogens with zero attached hydrogens (tertiary/aromatic N) is 4. The molecule has 0 spiro atoms. The van der Waals surface area contributed by atoms with E-state index in [1.54, 1.807) is 21.8 Å². The van der Waals surface area contributed by atoms with Crippen LogP contribution >= 0.6 is 0 Å². The average Bonchev–Trinajstić information content (AvgIpc) is 3.05. The van der Waals surface area contributed by atoms with Gasteiger partial charge >= 0.3 is 0 Å². The first-order chi connectivity index (χ1) is 12.1. The maximum Gasteiger partial charge on any atom is 0.264 e. The summed E-state index contributed by atoms with van der Waals surface area (Å²) in [5.74, 6) is 0. The molecule has 0 atom stereocenters. The van der Waals surface area contributed by atoms with Gasteiger partial charge in [0.2, 0.25) is 0 Å². The van der Waals surface area contributed by atoms with Crippen molar-refractivity contribution >= 4 is 11.0 Å². The van der Waals surface area contributed by atoms with Gasteiger partial charge in [-0.25, -0.2) is 9.67 Å². The van der Waals surface area contributed by atoms with E-state index in [9.17, 15) is 4.79 Å². The molecule has 0 fully saturated rings. The van der Waals surface area contributed by atoms with Gasteiger partial charge in [-0.1, -0.05) is 47.5 Å². The lowest BCUT2D eigenvalue weighted by Crippen LogP contribution is -2.21. The summed E-state index contributed by atoms with van der Waals surface area (Å²) in [5, 5.41) is 4.88. The summed E-state index contributed by atoms with van der Waals surface area (Å²) in [6.07, 6.45) is 3.19. The molecule has 25 heavy (non-hydrogen) atoms. The van der Waals surface area contributed by atoms with Gasteiger partial charge in [-0.3, -0.25) is 9.36 Å². The van der Waals surface area contributed by atoms with Crippen molar-refractivity contribution in [2.75, 3.05) is 0 Å². The second-order valence-electron chi connectivity index (χ2n) is 6.29. The molecule has 0 saturated heterocycles. The molecule has 0 aliphatic carbocycles. The Hall–Kier alpha value is -3.21. The lowest BCUT2D eigenvalue weighted by molar-refractivity contribution is 0.745. The molecule has 2 aromatic heterocycles. The van der Waals surface area contributed by atoms with Gasteiger partial charge in [-0.15, -0.1) is 0 Å². The summed E-state index contributed by atoms with van der Waals surface area (Å²) >= 11 is 0. The van der Waals surface area contributed by atoms with Gasteiger partial charge in [0.25, 0.3) is 5.56 Å². The monoisotopic (exact) mass is 330 g/mol. The van der Waals surface area contributed by atoms with Crippen molar-refractivity contribution in [2.45, 2.75) is 20.4 Å². The summed E-state index contributed by atoms with van der Waals surface area (Å²) in [7, 11) is 0. The Kier molecular flexibility index (Phi) is 3.69. The zero-order valence-corrected chi connectivity index (χ0v) is 14.2. The van der Waals surface area contributed by atoms with Gasteiger partial charge in [-0.2, -0.15) is 5.10 Å². The molecule has 4 aromatic rings. The topological polar surface area (TPSA) is 52.7 Å². The van der Waals surface area contributed by atoms with E-state index in [4.69, 9.17) is 0 Å². The number of aromatic nitrogens is 4. The van der Waals surface area contributed by atoms with E-state index in [0.717, 1.165) is 11.3 Å². The fourth-order valence-electron chi connectivity index (χ4n) is 2.83. The minimum Gasteiger partial charge on any atom is -0.294 e. The van der Waals surface area contributed by atoms with Crippen LogP contribution in [0.25, 0.3) is 16.7 Å². The molecule has 0 N–H and O–H groups in total. The van der Waals surface area contributed by atoms with Gasteiger partial charge < -0.3 is 0 Å². The summed E-state index contributed by atoms with van der Waals surface area (Å²) in [5.41, 5.74) is 4.83. The van der Waals surface area contributed by atoms with Crippen molar-refractivity contribution in [3.8, 4) is 5.69 Å². The normalized spacial score (nSPS) is 11.1. The predicted molar refractivity (Wildman–Crippen MR) is 98.1 cm³/mol. The maximum absolute atomic E-state index is 12.8. The molecule has 0 bridgehead atoms. The van der Waals surface area contributed by atoms with E-state index < -0.39 is 0 Å². The maximum atomic E-state index is 12.8. The van der Waals surface area contributed by atoms with E-state index >= 15 is 0 Å². The molecule has 5 nitrogen and oxygen atoms in total. The molecular formula is C20H18N4O. The van der Waals surface area contributed by atoms with E-state index in [2.05, 4.69) is 10.1 Å². The fourth-order valence-corrected chi connectivity index (χ4v) is 2.83. The largest absolute Gasteiger partial charge is 0.294 e. The highest BCUT2D eigenvalue weighted by atomic mass is 16.1. The van der Waals surface area contributed by atoms with E-state index in [1.165, 1.54) is 11.1 Å². The zero-order valence-electron chi connectivity index (χ0n) is 14.2. The van der Waals surface area contributed by atoms with Crippen molar-refractivity contribution < 1.29 is 0 Å². The Morgan fingerprint density at radius 3 is 2.24 bits per heavy atom. The smallest absolute Gasteiger partial charge is 0.264 e. The Bertz CT molecular complexity index is 1090. The van der Waals surface area contributed by atoms with Gasteiger partial charge in [0, 0.05) is 0 Å². The molecule has 0 saturated carbocycles. The summed E-state index contributed by atoms with van der Waals surface area (Å²) in [6.45, 7) is 4.58. The van der Waals surface area contributed by atoms with Crippen LogP contribution in [0.3, 0.4) is 0 Å². The molecule has 5 heteroatoms. The van der Waals surface area contributed by atoms with Crippen LogP contribution in [0.1, 0.15) is 16.7 Å². The van der Waals surface area contributed by atoms with Crippen molar-refractivity contribution in [1.82, 2.24) is 19.3 Å². The standard InChI is InChI=1S/C20H18N4O/c1-14-3-7-16(8-4-14)12-23-13-21-19-18(20(23)25)11-22-24(19)17-9-5-15(2)6-10-17/h3-11,13H,12H2,1-2H3. The number of hydrogen-bond donors (Lipinski definition) is 0. The lowest BCUT2D eigenvalue weighted by atomic mass is 10.1. The first-order valence-electron chi connectivity index (χ1n) is 8.17. The summed E-state index contributed by atoms with van der Waals surface area (Å²) < 4.78 is 3.32. The van der Waals surface area contributed by atoms with Gasteiger partial charge in [0.05, 0.1) is 18.4 Å². The van der Waals surface area contributed by atoms with Gasteiger partial charge in [0.15, 0.2) is 5.65 Å². The Balaban J connectivity index is 1.75. The Labute approximate surface area is 145 Å². The zero-order chi connectivity index (χ0) is 17.4. The summed E-state index contributed by atoms with van der Waals surface area (Å²) in [4.78, 5) is 17.2. The molecule has 0 radical (unpaired) electrons. The highest BCUT2D eigenvalue weighted by Gasteiger charge is 2.11. The average molecular weight is 330 g/mol. The molecule has 4 rings (SSSR count). The minimum atomic E-state index is -0.0797. The third-order valence-electron chi connectivity index (χ3n) is 4.31. The van der Waals surface area contributed by atoms with Crippen molar-refractivity contribution in [3.63, 3.8) is 0 Å². The van der Waals surface area contributed by atoms with Crippen molar-refractivity contribution in [1.29, 1.82) is 0 Å². The molecule has 124 valence electrons. The highest BCUT2D eigenvalue weighted by Crippen LogP contribution is 2.14. The van der Waals surface area contributed by atoms with Crippen LogP contribution in [0, 0.1) is 13.8 Å². The third-order valence-corrected chi connectivity index (χ3v) is 4.31. The van der Waals surface area contributed by atoms with Crippen molar-refractivity contribution in [3.05, 3.63) is 88.1 Å². The van der Waals surface area contributed by atoms with Crippen molar-refractivity contribution in [2.24, 2.45) is 0 Å². The Morgan fingerprint density at radius 2 is 1.56 bits per heavy atom. The molecule has 0 unspecified atom stereocenters. The SMILES string of the molecule is Cc1ccc(Cn2cnc3c(cnn3-c3ccc(C)cc3)c2=O)cc1. The van der Waals surface area contributed by atoms with Crippen LogP contribution in [0.15, 0.2) is 65.8 Å². The summed E-state index contributed by atoms with van der Waals surface area (Å²) in [6, 6.07) is 16.1. The van der Waals surface area contributed by atoms with Crippen LogP contribution in [0.5, 0.6) is 0 Å². The molecule has 0 aliphatic rings. The van der Waals surface area contributed by atoms with Gasteiger partial charge in [-0.05, 0) is 31.5 Å². The molecule has 0 aliphatic heterocycles. The molecule has 0 amide bonds. The second kappa shape index (κ2) is 6.02. The second-order valence-corrected chi connectivity index (χ2v) is 6.29. The quantitative estimate of drug-likeness (QED) is 0.579. The molecular weight excluding hydrogens is 312 g/mol. The van der Waals surface area contributed by atoms with Crippen LogP contribution in [-0.4, -0.2) is 19.3 Å². The minimum absolute atomic E-state index is 0.0797. The van der Waals surface area contributed by atoms with Crippen LogP contribution in [0.4, 0.5) is 0 Å².